The summed E-state index contributed by atoms with van der Waals surface area (Å²) in [5, 5.41) is 5.84. The number of methoxy groups -OCH3 is 1. The fourth-order valence-electron chi connectivity index (χ4n) is 2.44. The van der Waals surface area contributed by atoms with Crippen LogP contribution in [0.25, 0.3) is 10.4 Å². The van der Waals surface area contributed by atoms with Gasteiger partial charge in [-0.1, -0.05) is 41.4 Å². The van der Waals surface area contributed by atoms with Crippen LogP contribution in [0.5, 0.6) is 5.75 Å². The lowest BCUT2D eigenvalue weighted by atomic mass is 10.1. The molecule has 1 heterocycles. The number of hydrogen-bond acceptors (Lipinski definition) is 4. The average molecular weight is 393 g/mol. The second kappa shape index (κ2) is 8.68. The minimum absolute atomic E-state index is 0.662. The van der Waals surface area contributed by atoms with Crippen molar-refractivity contribution in [2.45, 2.75) is 13.0 Å². The Morgan fingerprint density at radius 1 is 1.16 bits per heavy atom. The van der Waals surface area contributed by atoms with Gasteiger partial charge in [-0.3, -0.25) is 0 Å². The minimum Gasteiger partial charge on any atom is -0.497 e. The Morgan fingerprint density at radius 3 is 2.84 bits per heavy atom. The number of rotatable bonds is 7. The van der Waals surface area contributed by atoms with E-state index in [4.69, 9.17) is 27.9 Å². The van der Waals surface area contributed by atoms with Crippen molar-refractivity contribution in [3.05, 3.63) is 69.3 Å². The van der Waals surface area contributed by atoms with Crippen molar-refractivity contribution < 1.29 is 4.74 Å². The average Bonchev–Trinajstić information content (AvgIpc) is 3.09. The van der Waals surface area contributed by atoms with E-state index in [9.17, 15) is 0 Å². The van der Waals surface area contributed by atoms with E-state index in [1.54, 1.807) is 24.5 Å². The first-order valence-electron chi connectivity index (χ1n) is 7.89. The monoisotopic (exact) mass is 392 g/mol. The highest BCUT2D eigenvalue weighted by Crippen LogP contribution is 2.28. The number of nitrogens with zero attached hydrogens (tertiary/aromatic N) is 1. The van der Waals surface area contributed by atoms with Crippen molar-refractivity contribution in [1.82, 2.24) is 10.3 Å². The van der Waals surface area contributed by atoms with Crippen molar-refractivity contribution in [1.29, 1.82) is 0 Å². The van der Waals surface area contributed by atoms with E-state index in [-0.39, 0.29) is 0 Å². The van der Waals surface area contributed by atoms with Gasteiger partial charge in [0.15, 0.2) is 0 Å². The number of halogens is 2. The summed E-state index contributed by atoms with van der Waals surface area (Å²) in [6.45, 7) is 1.56. The van der Waals surface area contributed by atoms with Crippen molar-refractivity contribution in [3.63, 3.8) is 0 Å². The quantitative estimate of drug-likeness (QED) is 0.542. The van der Waals surface area contributed by atoms with Crippen LogP contribution in [0.4, 0.5) is 0 Å². The van der Waals surface area contributed by atoms with Gasteiger partial charge in [-0.25, -0.2) is 4.98 Å². The molecule has 0 aliphatic carbocycles. The number of thiazole rings is 1. The molecule has 3 nitrogen and oxygen atoms in total. The van der Waals surface area contributed by atoms with Gasteiger partial charge in [0.05, 0.1) is 12.0 Å². The molecule has 0 spiro atoms. The summed E-state index contributed by atoms with van der Waals surface area (Å²) < 4.78 is 5.27. The van der Waals surface area contributed by atoms with Gasteiger partial charge in [0.1, 0.15) is 10.8 Å². The number of aromatic nitrogens is 1. The fraction of sp³-hybridized carbons (Fsp3) is 0.211. The molecular formula is C19H18Cl2N2OS. The van der Waals surface area contributed by atoms with Crippen LogP contribution in [0.2, 0.25) is 10.0 Å². The largest absolute Gasteiger partial charge is 0.497 e. The summed E-state index contributed by atoms with van der Waals surface area (Å²) in [5.74, 6) is 0.852. The zero-order valence-corrected chi connectivity index (χ0v) is 16.1. The summed E-state index contributed by atoms with van der Waals surface area (Å²) in [7, 11) is 1.67. The maximum Gasteiger partial charge on any atom is 0.119 e. The van der Waals surface area contributed by atoms with Crippen LogP contribution in [-0.4, -0.2) is 18.6 Å². The standard InChI is InChI=1S/C19H18Cl2N2OS/c1-24-16-4-2-3-14(9-16)18-11-23-19(25-18)12-22-8-7-13-5-6-15(20)10-17(13)21/h2-6,9-11,22H,7-8,12H2,1H3. The van der Waals surface area contributed by atoms with Crippen LogP contribution in [0.1, 0.15) is 10.6 Å². The molecule has 2 aromatic carbocycles. The zero-order valence-electron chi connectivity index (χ0n) is 13.8. The van der Waals surface area contributed by atoms with Crippen LogP contribution in [0.3, 0.4) is 0 Å². The smallest absolute Gasteiger partial charge is 0.119 e. The summed E-state index contributed by atoms with van der Waals surface area (Å²) >= 11 is 13.8. The molecule has 0 saturated heterocycles. The first-order chi connectivity index (χ1) is 12.2. The molecule has 0 unspecified atom stereocenters. The third-order valence-electron chi connectivity index (χ3n) is 3.77. The molecule has 0 radical (unpaired) electrons. The molecule has 6 heteroatoms. The topological polar surface area (TPSA) is 34.1 Å². The van der Waals surface area contributed by atoms with Gasteiger partial charge in [-0.15, -0.1) is 11.3 Å². The molecule has 0 saturated carbocycles. The summed E-state index contributed by atoms with van der Waals surface area (Å²) in [4.78, 5) is 5.63. The predicted molar refractivity (Wildman–Crippen MR) is 106 cm³/mol. The Bertz CT molecular complexity index is 851. The second-order valence-corrected chi connectivity index (χ2v) is 7.47. The summed E-state index contributed by atoms with van der Waals surface area (Å²) in [6, 6.07) is 13.6. The van der Waals surface area contributed by atoms with Crippen molar-refractivity contribution in [2.75, 3.05) is 13.7 Å². The molecule has 25 heavy (non-hydrogen) atoms. The minimum atomic E-state index is 0.662. The van der Waals surface area contributed by atoms with Gasteiger partial charge in [0.2, 0.25) is 0 Å². The molecule has 0 aliphatic rings. The molecule has 1 aromatic heterocycles. The first kappa shape index (κ1) is 18.2. The van der Waals surface area contributed by atoms with E-state index in [2.05, 4.69) is 16.4 Å². The van der Waals surface area contributed by atoms with Crippen LogP contribution < -0.4 is 10.1 Å². The van der Waals surface area contributed by atoms with E-state index < -0.39 is 0 Å². The summed E-state index contributed by atoms with van der Waals surface area (Å²) in [6.07, 6.45) is 2.76. The lowest BCUT2D eigenvalue weighted by molar-refractivity contribution is 0.415. The Hall–Kier alpha value is -1.59. The van der Waals surface area contributed by atoms with Gasteiger partial charge >= 0.3 is 0 Å². The van der Waals surface area contributed by atoms with Gasteiger partial charge in [-0.2, -0.15) is 0 Å². The van der Waals surface area contributed by atoms with Crippen molar-refractivity contribution >= 4 is 34.5 Å². The molecule has 0 aliphatic heterocycles. The van der Waals surface area contributed by atoms with Crippen molar-refractivity contribution in [2.24, 2.45) is 0 Å². The van der Waals surface area contributed by atoms with Gasteiger partial charge in [0.25, 0.3) is 0 Å². The van der Waals surface area contributed by atoms with Crippen LogP contribution in [0, 0.1) is 0 Å². The normalized spacial score (nSPS) is 10.8. The number of hydrogen-bond donors (Lipinski definition) is 1. The summed E-state index contributed by atoms with van der Waals surface area (Å²) in [5.41, 5.74) is 2.21. The Balaban J connectivity index is 1.53. The molecule has 3 rings (SSSR count). The molecule has 130 valence electrons. The van der Waals surface area contributed by atoms with Crippen LogP contribution in [0.15, 0.2) is 48.7 Å². The van der Waals surface area contributed by atoms with E-state index in [0.29, 0.717) is 10.0 Å². The zero-order chi connectivity index (χ0) is 17.6. The second-order valence-electron chi connectivity index (χ2n) is 5.51. The highest BCUT2D eigenvalue weighted by molar-refractivity contribution is 7.15. The maximum absolute atomic E-state index is 6.19. The predicted octanol–water partition coefficient (Wildman–Crippen LogP) is 5.46. The molecule has 1 N–H and O–H groups in total. The SMILES string of the molecule is COc1cccc(-c2cnc(CNCCc3ccc(Cl)cc3Cl)s2)c1. The van der Waals surface area contributed by atoms with Crippen LogP contribution in [-0.2, 0) is 13.0 Å². The highest BCUT2D eigenvalue weighted by atomic mass is 35.5. The van der Waals surface area contributed by atoms with E-state index in [1.165, 1.54) is 0 Å². The molecule has 0 fully saturated rings. The lowest BCUT2D eigenvalue weighted by Gasteiger charge is -2.05. The lowest BCUT2D eigenvalue weighted by Crippen LogP contribution is -2.16. The van der Waals surface area contributed by atoms with Gasteiger partial charge in [-0.05, 0) is 48.4 Å². The Kier molecular flexibility index (Phi) is 6.32. The molecular weight excluding hydrogens is 375 g/mol. The number of nitrogens with one attached hydrogen (secondary N) is 1. The molecule has 0 bridgehead atoms. The van der Waals surface area contributed by atoms with Crippen LogP contribution >= 0.6 is 34.5 Å². The fourth-order valence-corrected chi connectivity index (χ4v) is 3.83. The number of ether oxygens (including phenoxy) is 1. The maximum atomic E-state index is 6.19. The first-order valence-corrected chi connectivity index (χ1v) is 9.47. The van der Waals surface area contributed by atoms with E-state index in [0.717, 1.165) is 46.3 Å². The third-order valence-corrected chi connectivity index (χ3v) is 5.40. The number of benzene rings is 2. The third kappa shape index (κ3) is 4.95. The van der Waals surface area contributed by atoms with Gasteiger partial charge in [0, 0.05) is 22.8 Å². The molecule has 0 atom stereocenters. The van der Waals surface area contributed by atoms with Gasteiger partial charge < -0.3 is 10.1 Å². The Labute approximate surface area is 161 Å². The van der Waals surface area contributed by atoms with E-state index >= 15 is 0 Å². The molecule has 0 amide bonds. The Morgan fingerprint density at radius 2 is 2.04 bits per heavy atom. The van der Waals surface area contributed by atoms with Crippen molar-refractivity contribution in [3.8, 4) is 16.2 Å². The van der Waals surface area contributed by atoms with E-state index in [1.807, 2.05) is 36.5 Å². The molecule has 3 aromatic rings. The highest BCUT2D eigenvalue weighted by Gasteiger charge is 2.06.